The number of ketones is 1. The summed E-state index contributed by atoms with van der Waals surface area (Å²) in [5, 5.41) is 0. The number of carbonyl (C=O) groups is 1. The van der Waals surface area contributed by atoms with Gasteiger partial charge in [-0.15, -0.1) is 0 Å². The predicted octanol–water partition coefficient (Wildman–Crippen LogP) is 9.00. The highest BCUT2D eigenvalue weighted by molar-refractivity contribution is 5.94. The van der Waals surface area contributed by atoms with Crippen molar-refractivity contribution in [1.29, 1.82) is 0 Å². The molecule has 0 aromatic heterocycles. The molecule has 5 heteroatoms. The first-order valence-electron chi connectivity index (χ1n) is 16.8. The zero-order chi connectivity index (χ0) is 29.2. The third kappa shape index (κ3) is 6.58. The molecule has 0 amide bonds. The summed E-state index contributed by atoms with van der Waals surface area (Å²) in [6.45, 7) is 10.3. The molecule has 2 aromatic carbocycles. The molecule has 4 aliphatic rings. The molecule has 5 nitrogen and oxygen atoms in total. The zero-order valence-corrected chi connectivity index (χ0v) is 26.1. The van der Waals surface area contributed by atoms with E-state index in [1.54, 1.807) is 0 Å². The van der Waals surface area contributed by atoms with Crippen molar-refractivity contribution >= 4 is 5.78 Å². The van der Waals surface area contributed by atoms with Crippen LogP contribution in [0.2, 0.25) is 0 Å². The van der Waals surface area contributed by atoms with Crippen LogP contribution in [0.3, 0.4) is 0 Å². The van der Waals surface area contributed by atoms with Gasteiger partial charge < -0.3 is 18.9 Å². The maximum atomic E-state index is 15.1. The average Bonchev–Trinajstić information content (AvgIpc) is 3.92. The van der Waals surface area contributed by atoms with E-state index in [0.29, 0.717) is 17.6 Å². The van der Waals surface area contributed by atoms with Crippen LogP contribution < -0.4 is 9.47 Å². The number of rotatable bonds is 12. The SMILES string of the molecule is CC(C)c1cccc(C(C(=O)C(c2cccc(C(C)C)c2OC2CCCCO2)C2CC2)C2CC2)c1OC1CCCCO1. The van der Waals surface area contributed by atoms with E-state index in [-0.39, 0.29) is 36.3 Å². The molecule has 4 atom stereocenters. The van der Waals surface area contributed by atoms with E-state index in [1.807, 2.05) is 0 Å². The molecule has 228 valence electrons. The number of hydrogen-bond donors (Lipinski definition) is 0. The van der Waals surface area contributed by atoms with Crippen LogP contribution in [-0.4, -0.2) is 31.6 Å². The summed E-state index contributed by atoms with van der Waals surface area (Å²) >= 11 is 0. The largest absolute Gasteiger partial charge is 0.464 e. The predicted molar refractivity (Wildman–Crippen MR) is 165 cm³/mol. The fourth-order valence-electron chi connectivity index (χ4n) is 7.02. The number of hydrogen-bond acceptors (Lipinski definition) is 5. The van der Waals surface area contributed by atoms with Crippen molar-refractivity contribution in [3.63, 3.8) is 0 Å². The molecular formula is C37H50O5. The van der Waals surface area contributed by atoms with Gasteiger partial charge >= 0.3 is 0 Å². The number of carbonyl (C=O) groups excluding carboxylic acids is 1. The third-order valence-corrected chi connectivity index (χ3v) is 9.64. The highest BCUT2D eigenvalue weighted by Gasteiger charge is 2.47. The quantitative estimate of drug-likeness (QED) is 0.253. The van der Waals surface area contributed by atoms with Gasteiger partial charge in [-0.1, -0.05) is 64.1 Å². The van der Waals surface area contributed by atoms with Gasteiger partial charge in [0, 0.05) is 35.8 Å². The monoisotopic (exact) mass is 574 g/mol. The van der Waals surface area contributed by atoms with Crippen LogP contribution in [0.15, 0.2) is 36.4 Å². The van der Waals surface area contributed by atoms with Crippen molar-refractivity contribution in [2.24, 2.45) is 11.8 Å². The van der Waals surface area contributed by atoms with Gasteiger partial charge in [0.1, 0.15) is 17.3 Å². The van der Waals surface area contributed by atoms with E-state index in [9.17, 15) is 0 Å². The maximum absolute atomic E-state index is 15.1. The Labute approximate surface area is 252 Å². The summed E-state index contributed by atoms with van der Waals surface area (Å²) in [6.07, 6.45) is 10.0. The second kappa shape index (κ2) is 13.1. The first kappa shape index (κ1) is 29.7. The van der Waals surface area contributed by atoms with E-state index in [1.165, 1.54) is 11.1 Å². The normalized spacial score (nSPS) is 24.4. The first-order valence-corrected chi connectivity index (χ1v) is 16.8. The number of ether oxygens (including phenoxy) is 4. The average molecular weight is 575 g/mol. The topological polar surface area (TPSA) is 54.0 Å². The Balaban J connectivity index is 1.40. The molecule has 42 heavy (non-hydrogen) atoms. The van der Waals surface area contributed by atoms with Gasteiger partial charge in [0.25, 0.3) is 0 Å². The highest BCUT2D eigenvalue weighted by Crippen LogP contribution is 2.54. The minimum atomic E-state index is -0.246. The van der Waals surface area contributed by atoms with E-state index >= 15 is 4.79 Å². The molecule has 0 N–H and O–H groups in total. The van der Waals surface area contributed by atoms with Crippen molar-refractivity contribution in [2.45, 2.75) is 128 Å². The Morgan fingerprint density at radius 1 is 0.619 bits per heavy atom. The Morgan fingerprint density at radius 3 is 1.36 bits per heavy atom. The molecule has 0 radical (unpaired) electrons. The lowest BCUT2D eigenvalue weighted by molar-refractivity contribution is -0.124. The Morgan fingerprint density at radius 2 is 1.02 bits per heavy atom. The summed E-state index contributed by atoms with van der Waals surface area (Å²) in [5.74, 6) is 3.04. The molecule has 2 aliphatic heterocycles. The fraction of sp³-hybridized carbons (Fsp3) is 0.649. The lowest BCUT2D eigenvalue weighted by Gasteiger charge is -2.31. The summed E-state index contributed by atoms with van der Waals surface area (Å²) in [7, 11) is 0. The fourth-order valence-corrected chi connectivity index (χ4v) is 7.02. The van der Waals surface area contributed by atoms with Crippen LogP contribution in [0.4, 0.5) is 0 Å². The van der Waals surface area contributed by atoms with Gasteiger partial charge in [0.15, 0.2) is 12.6 Å². The first-order chi connectivity index (χ1) is 20.4. The van der Waals surface area contributed by atoms with E-state index in [4.69, 9.17) is 18.9 Å². The number of benzene rings is 2. The molecule has 2 aliphatic carbocycles. The van der Waals surface area contributed by atoms with Gasteiger partial charge in [-0.25, -0.2) is 0 Å². The second-order valence-corrected chi connectivity index (χ2v) is 13.7. The third-order valence-electron chi connectivity index (χ3n) is 9.64. The van der Waals surface area contributed by atoms with Crippen molar-refractivity contribution in [3.05, 3.63) is 58.7 Å². The Hall–Kier alpha value is -2.37. The van der Waals surface area contributed by atoms with Gasteiger partial charge in [-0.3, -0.25) is 4.79 Å². The van der Waals surface area contributed by atoms with Crippen molar-refractivity contribution in [1.82, 2.24) is 0 Å². The van der Waals surface area contributed by atoms with Crippen LogP contribution in [0.25, 0.3) is 0 Å². The summed E-state index contributed by atoms with van der Waals surface area (Å²) in [4.78, 5) is 15.1. The summed E-state index contributed by atoms with van der Waals surface area (Å²) in [5.41, 5.74) is 4.46. The lowest BCUT2D eigenvalue weighted by atomic mass is 9.77. The van der Waals surface area contributed by atoms with Crippen LogP contribution >= 0.6 is 0 Å². The van der Waals surface area contributed by atoms with E-state index < -0.39 is 0 Å². The molecule has 4 unspecified atom stereocenters. The minimum Gasteiger partial charge on any atom is -0.464 e. The Bertz CT molecular complexity index is 1120. The second-order valence-electron chi connectivity index (χ2n) is 13.7. The van der Waals surface area contributed by atoms with Crippen LogP contribution in [0.5, 0.6) is 11.5 Å². The standard InChI is InChI=1S/C37H50O5/c1-23(2)27-11-9-13-29(36(27)41-31-15-5-7-21-39-31)33(25-17-18-25)35(38)34(26-19-20-26)30-14-10-12-28(24(3)4)37(30)42-32-16-6-8-22-40-32/h9-14,23-26,31-34H,5-8,15-22H2,1-4H3. The summed E-state index contributed by atoms with van der Waals surface area (Å²) < 4.78 is 25.5. The van der Waals surface area contributed by atoms with Gasteiger partial charge in [0.05, 0.1) is 13.2 Å². The van der Waals surface area contributed by atoms with Crippen molar-refractivity contribution < 1.29 is 23.7 Å². The molecule has 4 fully saturated rings. The minimum absolute atomic E-state index is 0.186. The molecule has 2 heterocycles. The molecule has 2 aromatic rings. The maximum Gasteiger partial charge on any atom is 0.199 e. The molecule has 2 saturated carbocycles. The smallest absolute Gasteiger partial charge is 0.199 e. The van der Waals surface area contributed by atoms with Gasteiger partial charge in [-0.05, 0) is 86.2 Å². The molecule has 2 saturated heterocycles. The lowest BCUT2D eigenvalue weighted by Crippen LogP contribution is -2.29. The van der Waals surface area contributed by atoms with E-state index in [2.05, 4.69) is 64.1 Å². The van der Waals surface area contributed by atoms with Crippen LogP contribution in [0.1, 0.15) is 138 Å². The summed E-state index contributed by atoms with van der Waals surface area (Å²) in [6, 6.07) is 12.9. The van der Waals surface area contributed by atoms with Crippen LogP contribution in [0, 0.1) is 11.8 Å². The van der Waals surface area contributed by atoms with Gasteiger partial charge in [-0.2, -0.15) is 0 Å². The van der Waals surface area contributed by atoms with E-state index in [0.717, 1.165) is 100 Å². The molecule has 0 bridgehead atoms. The zero-order valence-electron chi connectivity index (χ0n) is 26.1. The number of Topliss-reactive ketones (excluding diaryl/α,β-unsaturated/α-hetero) is 1. The molecular weight excluding hydrogens is 524 g/mol. The molecule has 6 rings (SSSR count). The van der Waals surface area contributed by atoms with Crippen molar-refractivity contribution in [3.8, 4) is 11.5 Å². The Kier molecular flexibility index (Phi) is 9.26. The van der Waals surface area contributed by atoms with Gasteiger partial charge in [0.2, 0.25) is 0 Å². The van der Waals surface area contributed by atoms with Crippen LogP contribution in [-0.2, 0) is 14.3 Å². The molecule has 0 spiro atoms. The number of para-hydroxylation sites is 2. The highest BCUT2D eigenvalue weighted by atomic mass is 16.7. The van der Waals surface area contributed by atoms with Crippen molar-refractivity contribution in [2.75, 3.05) is 13.2 Å².